The van der Waals surface area contributed by atoms with Crippen molar-refractivity contribution >= 4 is 17.7 Å². The Bertz CT molecular complexity index is 551. The van der Waals surface area contributed by atoms with Crippen LogP contribution in [0.25, 0.3) is 0 Å². The highest BCUT2D eigenvalue weighted by Gasteiger charge is 2.21. The number of hydrogen-bond acceptors (Lipinski definition) is 5. The molecular weight excluding hydrogens is 264 g/mol. The van der Waals surface area contributed by atoms with Gasteiger partial charge >= 0.3 is 0 Å². The molecule has 1 aromatic rings. The Morgan fingerprint density at radius 1 is 1.26 bits per heavy atom. The van der Waals surface area contributed by atoms with Crippen LogP contribution in [0.4, 0.5) is 0 Å². The van der Waals surface area contributed by atoms with Crippen LogP contribution in [0.1, 0.15) is 29.6 Å². The highest BCUT2D eigenvalue weighted by atomic mass is 32.2. The first kappa shape index (κ1) is 12.7. The van der Waals surface area contributed by atoms with Gasteiger partial charge in [0.2, 0.25) is 0 Å². The van der Waals surface area contributed by atoms with E-state index in [0.717, 1.165) is 31.7 Å². The van der Waals surface area contributed by atoms with Gasteiger partial charge in [0.25, 0.3) is 11.5 Å². The summed E-state index contributed by atoms with van der Waals surface area (Å²) in [6.45, 7) is 2.33. The average Bonchev–Trinajstić information content (AvgIpc) is 2.89. The minimum atomic E-state index is -0.341. The predicted octanol–water partition coefficient (Wildman–Crippen LogP) is 0.480. The summed E-state index contributed by atoms with van der Waals surface area (Å²) in [5.74, 6) is 0.506. The van der Waals surface area contributed by atoms with Crippen LogP contribution in [0.5, 0.6) is 0 Å². The van der Waals surface area contributed by atoms with Crippen molar-refractivity contribution in [1.29, 1.82) is 0 Å². The third-order valence-corrected chi connectivity index (χ3v) is 4.39. The highest BCUT2D eigenvalue weighted by molar-refractivity contribution is 7.99. The summed E-state index contributed by atoms with van der Waals surface area (Å²) < 4.78 is 1.58. The van der Waals surface area contributed by atoms with Gasteiger partial charge in [-0.1, -0.05) is 18.2 Å². The molecule has 1 saturated heterocycles. The smallest absolute Gasteiger partial charge is 0.272 e. The number of rotatable bonds is 2. The lowest BCUT2D eigenvalue weighted by Crippen LogP contribution is -2.46. The fraction of sp³-hybridized carbons (Fsp3) is 0.583. The molecule has 3 heterocycles. The van der Waals surface area contributed by atoms with E-state index in [1.807, 2.05) is 5.01 Å². The van der Waals surface area contributed by atoms with Crippen molar-refractivity contribution in [1.82, 2.24) is 20.0 Å². The van der Waals surface area contributed by atoms with Crippen molar-refractivity contribution in [2.75, 3.05) is 18.8 Å². The van der Waals surface area contributed by atoms with E-state index in [-0.39, 0.29) is 17.0 Å². The number of fused-ring (bicyclic) bond motifs is 1. The predicted molar refractivity (Wildman–Crippen MR) is 72.1 cm³/mol. The third-order valence-electron chi connectivity index (χ3n) is 3.42. The Morgan fingerprint density at radius 3 is 2.84 bits per heavy atom. The van der Waals surface area contributed by atoms with Crippen LogP contribution in [0, 0.1) is 0 Å². The van der Waals surface area contributed by atoms with Gasteiger partial charge in [-0.2, -0.15) is 0 Å². The molecule has 0 saturated carbocycles. The maximum Gasteiger partial charge on any atom is 0.272 e. The van der Waals surface area contributed by atoms with E-state index in [0.29, 0.717) is 11.7 Å². The fourth-order valence-corrected chi connectivity index (χ4v) is 3.30. The Labute approximate surface area is 115 Å². The van der Waals surface area contributed by atoms with Crippen LogP contribution in [-0.2, 0) is 6.54 Å². The SMILES string of the molecule is O=C(NN1CCCCC1)c1cnc2n(c1=O)CCS2. The number of nitrogens with one attached hydrogen (secondary N) is 1. The van der Waals surface area contributed by atoms with Gasteiger partial charge in [-0.3, -0.25) is 19.6 Å². The number of aromatic nitrogens is 2. The first-order valence-electron chi connectivity index (χ1n) is 6.54. The molecule has 0 radical (unpaired) electrons. The van der Waals surface area contributed by atoms with Gasteiger partial charge in [0.1, 0.15) is 5.56 Å². The number of carbonyl (C=O) groups excluding carboxylic acids is 1. The Balaban J connectivity index is 1.78. The molecule has 0 spiro atoms. The summed E-state index contributed by atoms with van der Waals surface area (Å²) in [5.41, 5.74) is 2.71. The van der Waals surface area contributed by atoms with Gasteiger partial charge in [0.15, 0.2) is 5.16 Å². The summed E-state index contributed by atoms with van der Waals surface area (Å²) in [4.78, 5) is 28.5. The van der Waals surface area contributed by atoms with Crippen LogP contribution >= 0.6 is 11.8 Å². The normalized spacial score (nSPS) is 19.2. The number of hydrogen-bond donors (Lipinski definition) is 1. The van der Waals surface area contributed by atoms with Crippen LogP contribution in [-0.4, -0.2) is 39.3 Å². The van der Waals surface area contributed by atoms with Gasteiger partial charge < -0.3 is 0 Å². The molecule has 6 nitrogen and oxygen atoms in total. The van der Waals surface area contributed by atoms with Gasteiger partial charge in [0, 0.05) is 31.6 Å². The molecular formula is C12H16N4O2S. The second-order valence-corrected chi connectivity index (χ2v) is 5.81. The molecule has 102 valence electrons. The minimum absolute atomic E-state index is 0.136. The maximum atomic E-state index is 12.2. The molecule has 0 aliphatic carbocycles. The number of piperidine rings is 1. The molecule has 1 amide bonds. The molecule has 2 aliphatic rings. The zero-order valence-electron chi connectivity index (χ0n) is 10.6. The quantitative estimate of drug-likeness (QED) is 0.798. The van der Waals surface area contributed by atoms with E-state index in [1.165, 1.54) is 12.6 Å². The standard InChI is InChI=1S/C12H16N4O2S/c17-10(14-15-4-2-1-3-5-15)9-8-13-12-16(11(9)18)6-7-19-12/h8H,1-7H2,(H,14,17). The summed E-state index contributed by atoms with van der Waals surface area (Å²) in [7, 11) is 0. The van der Waals surface area contributed by atoms with Crippen molar-refractivity contribution in [2.24, 2.45) is 0 Å². The van der Waals surface area contributed by atoms with Crippen LogP contribution in [0.15, 0.2) is 16.1 Å². The Hall–Kier alpha value is -1.34. The zero-order chi connectivity index (χ0) is 13.2. The van der Waals surface area contributed by atoms with Gasteiger partial charge in [-0.25, -0.2) is 9.99 Å². The molecule has 0 atom stereocenters. The van der Waals surface area contributed by atoms with E-state index in [2.05, 4.69) is 10.4 Å². The Morgan fingerprint density at radius 2 is 2.05 bits per heavy atom. The largest absolute Gasteiger partial charge is 0.286 e. The topological polar surface area (TPSA) is 67.2 Å². The second kappa shape index (κ2) is 5.34. The summed E-state index contributed by atoms with van der Waals surface area (Å²) in [6, 6.07) is 0. The van der Waals surface area contributed by atoms with Gasteiger partial charge in [0.05, 0.1) is 0 Å². The zero-order valence-corrected chi connectivity index (χ0v) is 11.4. The van der Waals surface area contributed by atoms with Crippen molar-refractivity contribution in [3.8, 4) is 0 Å². The summed E-state index contributed by atoms with van der Waals surface area (Å²) in [5, 5.41) is 2.59. The molecule has 0 aromatic carbocycles. The summed E-state index contributed by atoms with van der Waals surface area (Å²) in [6.07, 6.45) is 4.76. The minimum Gasteiger partial charge on any atom is -0.286 e. The van der Waals surface area contributed by atoms with Crippen LogP contribution in [0.3, 0.4) is 0 Å². The van der Waals surface area contributed by atoms with Crippen molar-refractivity contribution < 1.29 is 4.79 Å². The maximum absolute atomic E-state index is 12.2. The Kier molecular flexibility index (Phi) is 3.56. The van der Waals surface area contributed by atoms with Crippen molar-refractivity contribution in [2.45, 2.75) is 31.0 Å². The van der Waals surface area contributed by atoms with E-state index in [4.69, 9.17) is 0 Å². The molecule has 0 unspecified atom stereocenters. The van der Waals surface area contributed by atoms with E-state index in [1.54, 1.807) is 16.3 Å². The molecule has 1 fully saturated rings. The van der Waals surface area contributed by atoms with Gasteiger partial charge in [-0.15, -0.1) is 0 Å². The fourth-order valence-electron chi connectivity index (χ4n) is 2.38. The number of hydrazine groups is 1. The number of amides is 1. The molecule has 1 N–H and O–H groups in total. The third kappa shape index (κ3) is 2.52. The van der Waals surface area contributed by atoms with Crippen molar-refractivity contribution in [3.63, 3.8) is 0 Å². The van der Waals surface area contributed by atoms with E-state index in [9.17, 15) is 9.59 Å². The first-order valence-corrected chi connectivity index (χ1v) is 7.53. The number of nitrogens with zero attached hydrogens (tertiary/aromatic N) is 3. The molecule has 3 rings (SSSR count). The second-order valence-electron chi connectivity index (χ2n) is 4.75. The molecule has 7 heteroatoms. The molecule has 1 aromatic heterocycles. The van der Waals surface area contributed by atoms with E-state index < -0.39 is 0 Å². The lowest BCUT2D eigenvalue weighted by Gasteiger charge is -2.26. The number of carbonyl (C=O) groups is 1. The molecule has 19 heavy (non-hydrogen) atoms. The van der Waals surface area contributed by atoms with Crippen LogP contribution in [0.2, 0.25) is 0 Å². The van der Waals surface area contributed by atoms with E-state index >= 15 is 0 Å². The van der Waals surface area contributed by atoms with Crippen molar-refractivity contribution in [3.05, 3.63) is 22.1 Å². The first-order chi connectivity index (χ1) is 9.25. The lowest BCUT2D eigenvalue weighted by molar-refractivity contribution is 0.0747. The lowest BCUT2D eigenvalue weighted by atomic mass is 10.2. The number of thioether (sulfide) groups is 1. The van der Waals surface area contributed by atoms with Gasteiger partial charge in [-0.05, 0) is 12.8 Å². The molecule has 0 bridgehead atoms. The highest BCUT2D eigenvalue weighted by Crippen LogP contribution is 2.20. The monoisotopic (exact) mass is 280 g/mol. The average molecular weight is 280 g/mol. The van der Waals surface area contributed by atoms with Crippen LogP contribution < -0.4 is 11.0 Å². The molecule has 2 aliphatic heterocycles. The summed E-state index contributed by atoms with van der Waals surface area (Å²) >= 11 is 1.55.